The second-order valence-corrected chi connectivity index (χ2v) is 2.32. The molecule has 0 radical (unpaired) electrons. The van der Waals surface area contributed by atoms with Gasteiger partial charge in [0.15, 0.2) is 0 Å². The van der Waals surface area contributed by atoms with Gasteiger partial charge in [-0.05, 0) is 18.1 Å². The summed E-state index contributed by atoms with van der Waals surface area (Å²) >= 11 is 3.94. The van der Waals surface area contributed by atoms with Gasteiger partial charge in [-0.1, -0.05) is 5.92 Å². The first-order valence-electron chi connectivity index (χ1n) is 3.32. The van der Waals surface area contributed by atoms with Gasteiger partial charge in [-0.25, -0.2) is 4.98 Å². The predicted molar refractivity (Wildman–Crippen MR) is 49.7 cm³/mol. The molecule has 0 amide bonds. The second-order valence-electron chi connectivity index (χ2n) is 2.00. The lowest BCUT2D eigenvalue weighted by atomic mass is 10.3. The maximum absolute atomic E-state index is 8.47. The first-order valence-corrected chi connectivity index (χ1v) is 3.96. The van der Waals surface area contributed by atoms with E-state index in [0.717, 1.165) is 0 Å². The maximum atomic E-state index is 8.47. The number of nitrogens with zero attached hydrogens (tertiary/aromatic N) is 2. The summed E-state index contributed by atoms with van der Waals surface area (Å²) < 4.78 is 0. The lowest BCUT2D eigenvalue weighted by Crippen LogP contribution is -1.82. The van der Waals surface area contributed by atoms with E-state index < -0.39 is 0 Å². The summed E-state index contributed by atoms with van der Waals surface area (Å²) in [6.07, 6.45) is 1.50. The van der Waals surface area contributed by atoms with Crippen LogP contribution in [0.4, 0.5) is 0 Å². The van der Waals surface area contributed by atoms with E-state index in [1.807, 2.05) is 6.07 Å². The molecule has 0 bridgehead atoms. The van der Waals surface area contributed by atoms with Crippen molar-refractivity contribution in [1.82, 2.24) is 4.98 Å². The molecule has 0 aromatic carbocycles. The number of hydrogen-bond donors (Lipinski definition) is 1. The lowest BCUT2D eigenvalue weighted by Gasteiger charge is -1.87. The second kappa shape index (κ2) is 4.43. The molecule has 0 unspecified atom stereocenters. The zero-order chi connectivity index (χ0) is 8.81. The van der Waals surface area contributed by atoms with Crippen molar-refractivity contribution in [1.29, 1.82) is 5.26 Å². The van der Waals surface area contributed by atoms with Crippen molar-refractivity contribution < 1.29 is 0 Å². The van der Waals surface area contributed by atoms with Crippen LogP contribution in [0.1, 0.15) is 11.3 Å². The lowest BCUT2D eigenvalue weighted by molar-refractivity contribution is 1.27. The fraction of sp³-hybridized carbons (Fsp3) is 0.111. The number of rotatable bonds is 0. The molecular formula is C9H6N2S. The Hall–Kier alpha value is -1.45. The Kier molecular flexibility index (Phi) is 3.19. The highest BCUT2D eigenvalue weighted by molar-refractivity contribution is 7.80. The van der Waals surface area contributed by atoms with Crippen LogP contribution in [0.5, 0.6) is 0 Å². The van der Waals surface area contributed by atoms with E-state index in [2.05, 4.69) is 29.5 Å². The third kappa shape index (κ3) is 2.30. The van der Waals surface area contributed by atoms with Crippen molar-refractivity contribution in [2.24, 2.45) is 0 Å². The predicted octanol–water partition coefficient (Wildman–Crippen LogP) is 1.23. The summed E-state index contributed by atoms with van der Waals surface area (Å²) in [4.78, 5) is 3.96. The van der Waals surface area contributed by atoms with Gasteiger partial charge in [0, 0.05) is 6.20 Å². The van der Waals surface area contributed by atoms with Gasteiger partial charge in [-0.15, -0.1) is 0 Å². The van der Waals surface area contributed by atoms with Gasteiger partial charge >= 0.3 is 0 Å². The van der Waals surface area contributed by atoms with Crippen LogP contribution in [0, 0.1) is 23.2 Å². The van der Waals surface area contributed by atoms with Crippen molar-refractivity contribution >= 4 is 12.6 Å². The van der Waals surface area contributed by atoms with E-state index in [1.54, 1.807) is 12.1 Å². The largest absolute Gasteiger partial charge is 0.246 e. The van der Waals surface area contributed by atoms with Crippen molar-refractivity contribution in [2.75, 3.05) is 5.75 Å². The molecular weight excluding hydrogens is 168 g/mol. The molecule has 1 heterocycles. The summed E-state index contributed by atoms with van der Waals surface area (Å²) in [5.74, 6) is 6.09. The van der Waals surface area contributed by atoms with Crippen LogP contribution in [-0.4, -0.2) is 10.7 Å². The quantitative estimate of drug-likeness (QED) is 0.474. The maximum Gasteiger partial charge on any atom is 0.113 e. The van der Waals surface area contributed by atoms with Crippen molar-refractivity contribution in [2.45, 2.75) is 0 Å². The molecule has 0 saturated heterocycles. The molecule has 3 heteroatoms. The van der Waals surface area contributed by atoms with Crippen LogP contribution >= 0.6 is 12.6 Å². The molecule has 0 saturated carbocycles. The third-order valence-corrected chi connectivity index (χ3v) is 1.35. The monoisotopic (exact) mass is 174 g/mol. The van der Waals surface area contributed by atoms with E-state index in [4.69, 9.17) is 5.26 Å². The molecule has 0 N–H and O–H groups in total. The summed E-state index contributed by atoms with van der Waals surface area (Å²) in [7, 11) is 0. The summed E-state index contributed by atoms with van der Waals surface area (Å²) in [6.45, 7) is 0. The van der Waals surface area contributed by atoms with E-state index >= 15 is 0 Å². The summed E-state index contributed by atoms with van der Waals surface area (Å²) in [5, 5.41) is 8.47. The van der Waals surface area contributed by atoms with E-state index in [9.17, 15) is 0 Å². The molecule has 12 heavy (non-hydrogen) atoms. The van der Waals surface area contributed by atoms with Gasteiger partial charge in [-0.2, -0.15) is 17.9 Å². The summed E-state index contributed by atoms with van der Waals surface area (Å²) in [6, 6.07) is 5.39. The van der Waals surface area contributed by atoms with Crippen LogP contribution in [0.2, 0.25) is 0 Å². The molecule has 2 nitrogen and oxygen atoms in total. The Morgan fingerprint density at radius 2 is 2.33 bits per heavy atom. The van der Waals surface area contributed by atoms with Gasteiger partial charge < -0.3 is 0 Å². The zero-order valence-corrected chi connectivity index (χ0v) is 7.18. The molecule has 0 atom stereocenters. The number of pyridine rings is 1. The highest BCUT2D eigenvalue weighted by Gasteiger charge is 1.89. The van der Waals surface area contributed by atoms with Gasteiger partial charge in [-0.3, -0.25) is 0 Å². The fourth-order valence-corrected chi connectivity index (χ4v) is 0.743. The Labute approximate surface area is 76.7 Å². The van der Waals surface area contributed by atoms with Gasteiger partial charge in [0.2, 0.25) is 0 Å². The number of nitriles is 1. The van der Waals surface area contributed by atoms with Crippen molar-refractivity contribution in [3.05, 3.63) is 29.6 Å². The molecule has 0 aliphatic carbocycles. The van der Waals surface area contributed by atoms with Gasteiger partial charge in [0.05, 0.1) is 11.3 Å². The van der Waals surface area contributed by atoms with Crippen LogP contribution in [0.15, 0.2) is 18.3 Å². The highest BCUT2D eigenvalue weighted by atomic mass is 32.1. The first-order chi connectivity index (χ1) is 5.86. The first kappa shape index (κ1) is 8.64. The van der Waals surface area contributed by atoms with Gasteiger partial charge in [0.1, 0.15) is 11.8 Å². The zero-order valence-electron chi connectivity index (χ0n) is 6.28. The van der Waals surface area contributed by atoms with Crippen LogP contribution in [-0.2, 0) is 0 Å². The molecule has 0 aliphatic rings. The third-order valence-electron chi connectivity index (χ3n) is 1.19. The van der Waals surface area contributed by atoms with Crippen LogP contribution < -0.4 is 0 Å². The highest BCUT2D eigenvalue weighted by Crippen LogP contribution is 1.96. The van der Waals surface area contributed by atoms with Crippen LogP contribution in [0.25, 0.3) is 0 Å². The number of thiol groups is 1. The average molecular weight is 174 g/mol. The molecule has 0 spiro atoms. The number of hydrogen-bond acceptors (Lipinski definition) is 3. The van der Waals surface area contributed by atoms with E-state index in [0.29, 0.717) is 17.0 Å². The standard InChI is InChI=1S/C9H6N2S/c10-6-8-3-4-9(11-7-8)2-1-5-12/h3-4,7,12H,5H2. The van der Waals surface area contributed by atoms with Crippen molar-refractivity contribution in [3.8, 4) is 17.9 Å². The Bertz CT molecular complexity index is 351. The molecule has 1 aromatic rings. The minimum Gasteiger partial charge on any atom is -0.246 e. The number of aromatic nitrogens is 1. The molecule has 58 valence electrons. The Morgan fingerprint density at radius 3 is 2.83 bits per heavy atom. The van der Waals surface area contributed by atoms with Gasteiger partial charge in [0.25, 0.3) is 0 Å². The Morgan fingerprint density at radius 1 is 1.50 bits per heavy atom. The molecule has 0 aliphatic heterocycles. The normalized spacial score (nSPS) is 8.00. The molecule has 1 aromatic heterocycles. The minimum absolute atomic E-state index is 0.516. The van der Waals surface area contributed by atoms with Crippen molar-refractivity contribution in [3.63, 3.8) is 0 Å². The SMILES string of the molecule is N#Cc1ccc(C#CCS)nc1. The molecule has 1 rings (SSSR count). The Balaban J connectivity index is 2.87. The van der Waals surface area contributed by atoms with Crippen LogP contribution in [0.3, 0.4) is 0 Å². The fourth-order valence-electron chi connectivity index (χ4n) is 0.664. The average Bonchev–Trinajstić information content (AvgIpc) is 2.15. The summed E-state index contributed by atoms with van der Waals surface area (Å²) in [5.41, 5.74) is 1.22. The van der Waals surface area contributed by atoms with E-state index in [-0.39, 0.29) is 0 Å². The molecule has 0 fully saturated rings. The minimum atomic E-state index is 0.516. The topological polar surface area (TPSA) is 36.7 Å². The van der Waals surface area contributed by atoms with E-state index in [1.165, 1.54) is 6.20 Å². The smallest absolute Gasteiger partial charge is 0.113 e.